The van der Waals surface area contributed by atoms with Crippen molar-refractivity contribution in [2.24, 2.45) is 0 Å². The van der Waals surface area contributed by atoms with E-state index in [0.717, 1.165) is 55.1 Å². The van der Waals surface area contributed by atoms with Crippen molar-refractivity contribution in [2.45, 2.75) is 0 Å². The van der Waals surface area contributed by atoms with E-state index >= 15 is 0 Å². The van der Waals surface area contributed by atoms with Gasteiger partial charge in [0.1, 0.15) is 11.2 Å². The zero-order valence-corrected chi connectivity index (χ0v) is 37.1. The molecular weight excluding hydrogens is 839 g/mol. The zero-order chi connectivity index (χ0) is 45.2. The van der Waals surface area contributed by atoms with Gasteiger partial charge in [0.15, 0.2) is 17.5 Å². The molecule has 0 N–H and O–H groups in total. The average molecular weight is 876 g/mol. The Bertz CT molecular complexity index is 4620. The van der Waals surface area contributed by atoms with Gasteiger partial charge in [-0.05, 0) is 140 Å². The van der Waals surface area contributed by atoms with E-state index in [1.165, 1.54) is 81.1 Å². The topological polar surface area (TPSA) is 51.8 Å². The van der Waals surface area contributed by atoms with Crippen molar-refractivity contribution in [1.29, 1.82) is 0 Å². The van der Waals surface area contributed by atoms with Gasteiger partial charge in [0.25, 0.3) is 0 Å². The van der Waals surface area contributed by atoms with Crippen molar-refractivity contribution < 1.29 is 4.42 Å². The first-order valence-electron chi connectivity index (χ1n) is 23.5. The van der Waals surface area contributed by atoms with Crippen molar-refractivity contribution in [3.8, 4) is 56.4 Å². The number of hydrogen-bond donors (Lipinski definition) is 0. The fraction of sp³-hybridized carbons (Fsp3) is 0. The Balaban J connectivity index is 0.895. The molecule has 13 aromatic carbocycles. The number of benzene rings is 13. The largest absolute Gasteiger partial charge is 0.456 e. The van der Waals surface area contributed by atoms with Gasteiger partial charge in [-0.15, -0.1) is 0 Å². The molecule has 0 atom stereocenters. The summed E-state index contributed by atoms with van der Waals surface area (Å²) in [6.45, 7) is 0. The monoisotopic (exact) mass is 875 g/mol. The molecule has 0 aliphatic rings. The lowest BCUT2D eigenvalue weighted by atomic mass is 9.89. The van der Waals surface area contributed by atoms with E-state index in [1.54, 1.807) is 0 Å². The fourth-order valence-electron chi connectivity index (χ4n) is 11.2. The second kappa shape index (κ2) is 14.6. The Hall–Kier alpha value is -9.25. The van der Waals surface area contributed by atoms with Crippen LogP contribution in [0.3, 0.4) is 0 Å². The predicted molar refractivity (Wildman–Crippen MR) is 288 cm³/mol. The van der Waals surface area contributed by atoms with Crippen LogP contribution < -0.4 is 0 Å². The van der Waals surface area contributed by atoms with E-state index in [0.29, 0.717) is 17.5 Å². The molecule has 15 rings (SSSR count). The van der Waals surface area contributed by atoms with E-state index in [4.69, 9.17) is 19.4 Å². The zero-order valence-electron chi connectivity index (χ0n) is 37.1. The lowest BCUT2D eigenvalue weighted by Crippen LogP contribution is -2.00. The van der Waals surface area contributed by atoms with Crippen LogP contribution in [-0.4, -0.2) is 15.0 Å². The third kappa shape index (κ3) is 5.86. The maximum Gasteiger partial charge on any atom is 0.164 e. The minimum Gasteiger partial charge on any atom is -0.456 e. The van der Waals surface area contributed by atoms with Gasteiger partial charge < -0.3 is 4.42 Å². The van der Waals surface area contributed by atoms with Gasteiger partial charge in [-0.1, -0.05) is 182 Å². The molecule has 0 aliphatic carbocycles. The molecule has 69 heavy (non-hydrogen) atoms. The Labute approximate surface area is 395 Å². The SMILES string of the molecule is c1cc(-c2ccc3c4ccccc4c4ccc(-c5ccc6c(c5)c5cccc7oc8cccc6c8c75)cc4c3c2)cc(-c2nc(-c3ccc4ccccc4c3)nc(-c3cccc4ccccc34)n2)c1. The molecule has 0 fully saturated rings. The van der Waals surface area contributed by atoms with Gasteiger partial charge in [-0.3, -0.25) is 0 Å². The summed E-state index contributed by atoms with van der Waals surface area (Å²) < 4.78 is 6.35. The molecule has 4 nitrogen and oxygen atoms in total. The molecule has 0 bridgehead atoms. The maximum absolute atomic E-state index is 6.35. The van der Waals surface area contributed by atoms with Gasteiger partial charge in [-0.2, -0.15) is 0 Å². The summed E-state index contributed by atoms with van der Waals surface area (Å²) in [5, 5.41) is 19.3. The normalized spacial score (nSPS) is 12.1. The second-order valence-electron chi connectivity index (χ2n) is 18.3. The van der Waals surface area contributed by atoms with Crippen LogP contribution in [0.1, 0.15) is 0 Å². The lowest BCUT2D eigenvalue weighted by molar-refractivity contribution is 0.669. The van der Waals surface area contributed by atoms with E-state index in [1.807, 2.05) is 0 Å². The van der Waals surface area contributed by atoms with Crippen molar-refractivity contribution in [3.63, 3.8) is 0 Å². The van der Waals surface area contributed by atoms with Gasteiger partial charge in [0.2, 0.25) is 0 Å². The summed E-state index contributed by atoms with van der Waals surface area (Å²) in [6, 6.07) is 80.7. The highest BCUT2D eigenvalue weighted by Crippen LogP contribution is 2.45. The predicted octanol–water partition coefficient (Wildman–Crippen LogP) is 17.6. The van der Waals surface area contributed by atoms with Crippen molar-refractivity contribution in [2.75, 3.05) is 0 Å². The third-order valence-electron chi connectivity index (χ3n) is 14.4. The highest BCUT2D eigenvalue weighted by Gasteiger charge is 2.19. The molecule has 0 amide bonds. The third-order valence-corrected chi connectivity index (χ3v) is 14.4. The first-order valence-corrected chi connectivity index (χ1v) is 23.5. The van der Waals surface area contributed by atoms with Crippen molar-refractivity contribution in [1.82, 2.24) is 15.0 Å². The van der Waals surface area contributed by atoms with Crippen molar-refractivity contribution >= 4 is 97.3 Å². The minimum atomic E-state index is 0.627. The van der Waals surface area contributed by atoms with E-state index in [-0.39, 0.29) is 0 Å². The quantitative estimate of drug-likeness (QED) is 0.162. The van der Waals surface area contributed by atoms with Crippen LogP contribution in [0.5, 0.6) is 0 Å². The highest BCUT2D eigenvalue weighted by molar-refractivity contribution is 6.33. The first kappa shape index (κ1) is 37.9. The van der Waals surface area contributed by atoms with Gasteiger partial charge in [-0.25, -0.2) is 15.0 Å². The lowest BCUT2D eigenvalue weighted by Gasteiger charge is -2.15. The summed E-state index contributed by atoms with van der Waals surface area (Å²) >= 11 is 0. The summed E-state index contributed by atoms with van der Waals surface area (Å²) in [4.78, 5) is 15.6. The van der Waals surface area contributed by atoms with Crippen LogP contribution in [0.25, 0.3) is 154 Å². The average Bonchev–Trinajstić information content (AvgIpc) is 3.82. The standard InChI is InChI=1S/C65H37N3O/c1-2-13-40-33-46(26-25-38(40)11-1)64-66-63(67-65(68-64)55-22-8-14-39-12-3-4-17-47(39)55)45-16-7-15-41(34-45)42-27-30-50-48-18-5-6-19-49(48)51-31-28-44(37-58(51)57(50)36-42)43-29-32-52-53-20-9-23-59-61(53)62-54(56(52)35-43)21-10-24-60(62)69-59/h1-37H. The maximum atomic E-state index is 6.35. The number of nitrogens with zero attached hydrogens (tertiary/aromatic N) is 3. The number of furan rings is 1. The Morgan fingerprint density at radius 1 is 0.232 bits per heavy atom. The second-order valence-corrected chi connectivity index (χ2v) is 18.3. The van der Waals surface area contributed by atoms with E-state index in [9.17, 15) is 0 Å². The Kier molecular flexibility index (Phi) is 8.04. The molecule has 0 spiro atoms. The summed E-state index contributed by atoms with van der Waals surface area (Å²) in [6.07, 6.45) is 0. The van der Waals surface area contributed by atoms with Crippen molar-refractivity contribution in [3.05, 3.63) is 224 Å². The van der Waals surface area contributed by atoms with Crippen LogP contribution in [0.4, 0.5) is 0 Å². The fourth-order valence-corrected chi connectivity index (χ4v) is 11.2. The molecule has 2 aromatic heterocycles. The molecule has 0 saturated heterocycles. The molecule has 2 heterocycles. The number of aromatic nitrogens is 3. The van der Waals surface area contributed by atoms with Gasteiger partial charge in [0, 0.05) is 27.5 Å². The van der Waals surface area contributed by atoms with Crippen LogP contribution in [0.15, 0.2) is 229 Å². The molecule has 0 unspecified atom stereocenters. The molecular formula is C65H37N3O. The highest BCUT2D eigenvalue weighted by atomic mass is 16.3. The summed E-state index contributed by atoms with van der Waals surface area (Å²) in [7, 11) is 0. The Morgan fingerprint density at radius 3 is 1.32 bits per heavy atom. The van der Waals surface area contributed by atoms with Crippen LogP contribution >= 0.6 is 0 Å². The number of hydrogen-bond acceptors (Lipinski definition) is 4. The van der Waals surface area contributed by atoms with Crippen LogP contribution in [-0.2, 0) is 0 Å². The minimum absolute atomic E-state index is 0.627. The van der Waals surface area contributed by atoms with Gasteiger partial charge >= 0.3 is 0 Å². The van der Waals surface area contributed by atoms with E-state index < -0.39 is 0 Å². The Morgan fingerprint density at radius 2 is 0.652 bits per heavy atom. The molecule has 4 heteroatoms. The smallest absolute Gasteiger partial charge is 0.164 e. The van der Waals surface area contributed by atoms with E-state index in [2.05, 4.69) is 224 Å². The number of fused-ring (bicyclic) bond motifs is 11. The van der Waals surface area contributed by atoms with Gasteiger partial charge in [0.05, 0.1) is 0 Å². The first-order chi connectivity index (χ1) is 34.2. The summed E-state index contributed by atoms with van der Waals surface area (Å²) in [5.74, 6) is 1.91. The molecule has 0 radical (unpaired) electrons. The number of rotatable bonds is 5. The summed E-state index contributed by atoms with van der Waals surface area (Å²) in [5.41, 5.74) is 9.28. The molecule has 0 aliphatic heterocycles. The van der Waals surface area contributed by atoms with Crippen LogP contribution in [0.2, 0.25) is 0 Å². The van der Waals surface area contributed by atoms with Crippen LogP contribution in [0, 0.1) is 0 Å². The molecule has 318 valence electrons. The molecule has 0 saturated carbocycles. The molecule has 15 aromatic rings.